The number of nitrogens with zero attached hydrogens (tertiary/aromatic N) is 4. The Morgan fingerprint density at radius 2 is 1.89 bits per heavy atom. The van der Waals surface area contributed by atoms with Crippen molar-refractivity contribution in [3.8, 4) is 11.3 Å². The Labute approximate surface area is 226 Å². The second-order valence-corrected chi connectivity index (χ2v) is 10.1. The molecule has 0 aliphatic carbocycles. The first-order valence-corrected chi connectivity index (χ1v) is 13.7. The van der Waals surface area contributed by atoms with Gasteiger partial charge in [0.05, 0.1) is 24.9 Å². The van der Waals surface area contributed by atoms with E-state index >= 15 is 0 Å². The number of aromatic nitrogens is 3. The van der Waals surface area contributed by atoms with Crippen molar-refractivity contribution in [3.63, 3.8) is 0 Å². The molecule has 38 heavy (non-hydrogen) atoms. The van der Waals surface area contributed by atoms with E-state index in [1.54, 1.807) is 30.2 Å². The fourth-order valence-corrected chi connectivity index (χ4v) is 5.09. The van der Waals surface area contributed by atoms with E-state index in [9.17, 15) is 18.8 Å². The summed E-state index contributed by atoms with van der Waals surface area (Å²) in [5, 5.41) is 0.603. The van der Waals surface area contributed by atoms with Gasteiger partial charge in [-0.15, -0.1) is 0 Å². The fraction of sp³-hybridized carbons (Fsp3) is 0.500. The molecule has 0 spiro atoms. The summed E-state index contributed by atoms with van der Waals surface area (Å²) < 4.78 is 23.1. The number of anilines is 1. The van der Waals surface area contributed by atoms with Crippen LogP contribution in [0.2, 0.25) is 5.02 Å². The summed E-state index contributed by atoms with van der Waals surface area (Å²) in [5.41, 5.74) is 1.14. The Morgan fingerprint density at radius 1 is 1.13 bits per heavy atom. The number of hydrogen-bond donors (Lipinski definition) is 0. The van der Waals surface area contributed by atoms with Crippen LogP contribution in [-0.2, 0) is 20.9 Å². The number of Topliss-reactive ketones (excluding diaryl/α,β-unsaturated/α-hetero) is 1. The first-order valence-electron chi connectivity index (χ1n) is 13.3. The summed E-state index contributed by atoms with van der Waals surface area (Å²) in [7, 11) is 0. The highest BCUT2D eigenvalue weighted by atomic mass is 35.5. The third kappa shape index (κ3) is 6.26. The quantitative estimate of drug-likeness (QED) is 0.229. The van der Waals surface area contributed by atoms with Gasteiger partial charge in [-0.1, -0.05) is 43.5 Å². The Bertz CT molecular complexity index is 1340. The summed E-state index contributed by atoms with van der Waals surface area (Å²) >= 11 is 6.04. The Hall–Kier alpha value is -3.20. The lowest BCUT2D eigenvalue weighted by Crippen LogP contribution is -2.39. The van der Waals surface area contributed by atoms with Gasteiger partial charge in [-0.3, -0.25) is 23.4 Å². The van der Waals surface area contributed by atoms with Gasteiger partial charge >= 0.3 is 5.97 Å². The number of unbranched alkanes of at least 4 members (excludes halogenated alkanes) is 2. The molecule has 1 aliphatic rings. The number of aryl methyl sites for hydroxylation is 1. The molecule has 0 amide bonds. The van der Waals surface area contributed by atoms with Gasteiger partial charge in [0.2, 0.25) is 5.78 Å². The zero-order valence-corrected chi connectivity index (χ0v) is 22.6. The number of ketones is 1. The maximum Gasteiger partial charge on any atom is 0.305 e. The molecular weight excluding hydrogens is 511 g/mol. The number of carbonyl (C=O) groups excluding carboxylic acids is 2. The molecule has 0 unspecified atom stereocenters. The van der Waals surface area contributed by atoms with E-state index in [0.717, 1.165) is 24.8 Å². The highest BCUT2D eigenvalue weighted by Crippen LogP contribution is 2.30. The average molecular weight is 545 g/mol. The number of benzene rings is 1. The third-order valence-electron chi connectivity index (χ3n) is 6.85. The van der Waals surface area contributed by atoms with E-state index in [4.69, 9.17) is 21.3 Å². The molecule has 8 nitrogen and oxygen atoms in total. The normalized spacial score (nSPS) is 17.3. The fourth-order valence-electron chi connectivity index (χ4n) is 4.97. The highest BCUT2D eigenvalue weighted by Gasteiger charge is 2.38. The van der Waals surface area contributed by atoms with E-state index < -0.39 is 12.2 Å². The number of alkyl halides is 1. The van der Waals surface area contributed by atoms with Crippen molar-refractivity contribution in [2.24, 2.45) is 0 Å². The second kappa shape index (κ2) is 12.6. The largest absolute Gasteiger partial charge is 0.466 e. The Balaban J connectivity index is 1.69. The molecule has 4 rings (SSSR count). The molecule has 2 aromatic heterocycles. The van der Waals surface area contributed by atoms with Gasteiger partial charge < -0.3 is 9.64 Å². The third-order valence-corrected chi connectivity index (χ3v) is 7.10. The molecular formula is C28H34ClFN4O4. The number of hydrogen-bond acceptors (Lipinski definition) is 6. The first kappa shape index (κ1) is 27.8. The van der Waals surface area contributed by atoms with Crippen molar-refractivity contribution in [2.45, 2.75) is 77.6 Å². The van der Waals surface area contributed by atoms with Crippen molar-refractivity contribution < 1.29 is 18.7 Å². The lowest BCUT2D eigenvalue weighted by molar-refractivity contribution is -0.143. The molecule has 1 aromatic carbocycles. The number of carbonyl (C=O) groups is 2. The van der Waals surface area contributed by atoms with Crippen molar-refractivity contribution >= 4 is 34.9 Å². The molecule has 0 N–H and O–H groups in total. The Kier molecular flexibility index (Phi) is 9.20. The number of esters is 1. The lowest BCUT2D eigenvalue weighted by Gasteiger charge is -2.28. The number of ether oxygens (including phenoxy) is 1. The van der Waals surface area contributed by atoms with Crippen LogP contribution >= 0.6 is 11.6 Å². The van der Waals surface area contributed by atoms with Crippen LogP contribution in [0.15, 0.2) is 41.3 Å². The van der Waals surface area contributed by atoms with Gasteiger partial charge in [0.1, 0.15) is 12.0 Å². The van der Waals surface area contributed by atoms with Gasteiger partial charge in [-0.05, 0) is 31.9 Å². The van der Waals surface area contributed by atoms with Gasteiger partial charge in [-0.2, -0.15) is 0 Å². The van der Waals surface area contributed by atoms with Crippen molar-refractivity contribution in [1.29, 1.82) is 0 Å². The van der Waals surface area contributed by atoms with E-state index in [1.807, 2.05) is 16.7 Å². The molecule has 0 saturated carbocycles. The van der Waals surface area contributed by atoms with Gasteiger partial charge in [0.25, 0.3) is 5.56 Å². The van der Waals surface area contributed by atoms with Crippen LogP contribution in [0.1, 0.15) is 58.8 Å². The number of halogens is 2. The van der Waals surface area contributed by atoms with Crippen LogP contribution < -0.4 is 10.5 Å². The van der Waals surface area contributed by atoms with Gasteiger partial charge in [0, 0.05) is 48.7 Å². The number of imidazole rings is 1. The van der Waals surface area contributed by atoms with Crippen LogP contribution in [0.4, 0.5) is 10.2 Å². The van der Waals surface area contributed by atoms with Crippen molar-refractivity contribution in [3.05, 3.63) is 51.9 Å². The first-order chi connectivity index (χ1) is 18.3. The molecule has 0 radical (unpaired) electrons. The van der Waals surface area contributed by atoms with Crippen LogP contribution in [0.5, 0.6) is 0 Å². The van der Waals surface area contributed by atoms with Gasteiger partial charge in [-0.25, -0.2) is 9.37 Å². The van der Waals surface area contributed by atoms with E-state index in [2.05, 4.69) is 6.92 Å². The molecule has 2 atom stereocenters. The van der Waals surface area contributed by atoms with E-state index in [0.29, 0.717) is 35.3 Å². The predicted octanol–water partition coefficient (Wildman–Crippen LogP) is 5.23. The minimum atomic E-state index is -1.20. The maximum absolute atomic E-state index is 14.7. The molecule has 1 saturated heterocycles. The molecule has 3 aromatic rings. The monoisotopic (exact) mass is 544 g/mol. The van der Waals surface area contributed by atoms with Gasteiger partial charge in [0.15, 0.2) is 5.78 Å². The number of rotatable bonds is 12. The standard InChI is InChI=1S/C28H34ClFN4O4/c1-3-5-6-14-32-25(33-17-21(30)15-23(33)24(35)8-7-9-27(37)38-4-2)16-26(36)34-18-22(31-28(32)34)19-10-12-20(29)13-11-19/h10-13,16,18,21,23H,3-9,14-15,17H2,1-2H3/t21-,23-/m0/s1. The minimum Gasteiger partial charge on any atom is -0.466 e. The summed E-state index contributed by atoms with van der Waals surface area (Å²) in [6.45, 7) is 4.72. The highest BCUT2D eigenvalue weighted by molar-refractivity contribution is 6.30. The molecule has 3 heterocycles. The maximum atomic E-state index is 14.7. The molecule has 1 aliphatic heterocycles. The van der Waals surface area contributed by atoms with Crippen molar-refractivity contribution in [2.75, 3.05) is 18.1 Å². The average Bonchev–Trinajstić information content (AvgIpc) is 3.51. The Morgan fingerprint density at radius 3 is 2.61 bits per heavy atom. The predicted molar refractivity (Wildman–Crippen MR) is 146 cm³/mol. The zero-order chi connectivity index (χ0) is 27.2. The summed E-state index contributed by atoms with van der Waals surface area (Å²) in [4.78, 5) is 44.6. The molecule has 0 bridgehead atoms. The molecule has 1 fully saturated rings. The SMILES string of the molecule is CCCCCn1c(N2C[C@@H](F)C[C@H]2C(=O)CCCC(=O)OCC)cc(=O)n2cc(-c3ccc(Cl)cc3)nc12. The van der Waals surface area contributed by atoms with Crippen LogP contribution in [0, 0.1) is 0 Å². The van der Waals surface area contributed by atoms with E-state index in [1.165, 1.54) is 10.5 Å². The summed E-state index contributed by atoms with van der Waals surface area (Å²) in [5.74, 6) is 0.449. The topological polar surface area (TPSA) is 85.9 Å². The van der Waals surface area contributed by atoms with Crippen LogP contribution in [0.3, 0.4) is 0 Å². The summed E-state index contributed by atoms with van der Waals surface area (Å²) in [6, 6.07) is 7.99. The van der Waals surface area contributed by atoms with E-state index in [-0.39, 0.29) is 49.7 Å². The second-order valence-electron chi connectivity index (χ2n) is 9.63. The molecule has 204 valence electrons. The van der Waals surface area contributed by atoms with Crippen molar-refractivity contribution in [1.82, 2.24) is 14.0 Å². The smallest absolute Gasteiger partial charge is 0.305 e. The lowest BCUT2D eigenvalue weighted by atomic mass is 10.0. The van der Waals surface area contributed by atoms with Crippen LogP contribution in [0.25, 0.3) is 17.0 Å². The van der Waals surface area contributed by atoms with Crippen LogP contribution in [-0.4, -0.2) is 51.1 Å². The minimum absolute atomic E-state index is 0.0163. The summed E-state index contributed by atoms with van der Waals surface area (Å²) in [6.07, 6.45) is 3.99. The molecule has 10 heteroatoms. The zero-order valence-electron chi connectivity index (χ0n) is 21.9. The number of fused-ring (bicyclic) bond motifs is 1.